The highest BCUT2D eigenvalue weighted by atomic mass is 35.5. The molecule has 0 saturated carbocycles. The predicted molar refractivity (Wildman–Crippen MR) is 78.0 cm³/mol. The Labute approximate surface area is 118 Å². The average Bonchev–Trinajstić information content (AvgIpc) is 2.87. The highest BCUT2D eigenvalue weighted by Gasteiger charge is 2.13. The van der Waals surface area contributed by atoms with Gasteiger partial charge in [0.2, 0.25) is 0 Å². The molecule has 0 N–H and O–H groups in total. The molecule has 0 aliphatic heterocycles. The van der Waals surface area contributed by atoms with Gasteiger partial charge >= 0.3 is 0 Å². The quantitative estimate of drug-likeness (QED) is 0.762. The zero-order chi connectivity index (χ0) is 13.2. The SMILES string of the molecule is O=C(Cc1ccc2c(c1)CCC2)c1ccc(Cl)cc1. The first kappa shape index (κ1) is 12.4. The summed E-state index contributed by atoms with van der Waals surface area (Å²) in [5.74, 6) is 0.148. The van der Waals surface area contributed by atoms with Gasteiger partial charge in [-0.05, 0) is 60.2 Å². The van der Waals surface area contributed by atoms with Crippen LogP contribution in [0.25, 0.3) is 0 Å². The second-order valence-corrected chi connectivity index (χ2v) is 5.50. The van der Waals surface area contributed by atoms with Crippen LogP contribution in [0.4, 0.5) is 0 Å². The molecule has 0 radical (unpaired) electrons. The van der Waals surface area contributed by atoms with Gasteiger partial charge in [0.15, 0.2) is 5.78 Å². The van der Waals surface area contributed by atoms with E-state index < -0.39 is 0 Å². The Morgan fingerprint density at radius 1 is 1.00 bits per heavy atom. The molecule has 0 aromatic heterocycles. The number of carbonyl (C=O) groups excluding carboxylic acids is 1. The molecule has 2 aromatic rings. The van der Waals surface area contributed by atoms with E-state index >= 15 is 0 Å². The minimum Gasteiger partial charge on any atom is -0.294 e. The van der Waals surface area contributed by atoms with E-state index in [1.807, 2.05) is 0 Å². The van der Waals surface area contributed by atoms with Crippen LogP contribution >= 0.6 is 11.6 Å². The molecule has 3 rings (SSSR count). The monoisotopic (exact) mass is 270 g/mol. The van der Waals surface area contributed by atoms with E-state index in [4.69, 9.17) is 11.6 Å². The number of Topliss-reactive ketones (excluding diaryl/α,β-unsaturated/α-hetero) is 1. The van der Waals surface area contributed by atoms with E-state index in [1.54, 1.807) is 24.3 Å². The van der Waals surface area contributed by atoms with E-state index in [0.29, 0.717) is 11.4 Å². The fourth-order valence-electron chi connectivity index (χ4n) is 2.66. The number of hydrogen-bond acceptors (Lipinski definition) is 1. The van der Waals surface area contributed by atoms with Crippen LogP contribution in [-0.4, -0.2) is 5.78 Å². The molecular weight excluding hydrogens is 256 g/mol. The fraction of sp³-hybridized carbons (Fsp3) is 0.235. The van der Waals surface area contributed by atoms with Gasteiger partial charge in [-0.1, -0.05) is 29.8 Å². The summed E-state index contributed by atoms with van der Waals surface area (Å²) in [7, 11) is 0. The molecule has 0 unspecified atom stereocenters. The van der Waals surface area contributed by atoms with E-state index in [-0.39, 0.29) is 5.78 Å². The highest BCUT2D eigenvalue weighted by molar-refractivity contribution is 6.30. The molecule has 0 saturated heterocycles. The van der Waals surface area contributed by atoms with Gasteiger partial charge in [-0.15, -0.1) is 0 Å². The maximum Gasteiger partial charge on any atom is 0.167 e. The predicted octanol–water partition coefficient (Wildman–Crippen LogP) is 4.25. The van der Waals surface area contributed by atoms with Crippen LogP contribution in [0.2, 0.25) is 5.02 Å². The first-order chi connectivity index (χ1) is 9.22. The molecule has 96 valence electrons. The van der Waals surface area contributed by atoms with Crippen molar-refractivity contribution in [1.29, 1.82) is 0 Å². The van der Waals surface area contributed by atoms with Gasteiger partial charge in [-0.2, -0.15) is 0 Å². The normalized spacial score (nSPS) is 13.3. The molecule has 0 fully saturated rings. The number of hydrogen-bond donors (Lipinski definition) is 0. The Morgan fingerprint density at radius 3 is 2.53 bits per heavy atom. The highest BCUT2D eigenvalue weighted by Crippen LogP contribution is 2.23. The van der Waals surface area contributed by atoms with Crippen molar-refractivity contribution in [3.63, 3.8) is 0 Å². The maximum absolute atomic E-state index is 12.2. The van der Waals surface area contributed by atoms with Crippen LogP contribution in [0.1, 0.15) is 33.5 Å². The molecule has 0 amide bonds. The summed E-state index contributed by atoms with van der Waals surface area (Å²) in [6.45, 7) is 0. The van der Waals surface area contributed by atoms with Gasteiger partial charge in [-0.3, -0.25) is 4.79 Å². The lowest BCUT2D eigenvalue weighted by Crippen LogP contribution is -2.03. The summed E-state index contributed by atoms with van der Waals surface area (Å²) in [4.78, 5) is 12.2. The fourth-order valence-corrected chi connectivity index (χ4v) is 2.78. The Bertz CT molecular complexity index is 614. The molecule has 0 bridgehead atoms. The minimum absolute atomic E-state index is 0.148. The molecule has 19 heavy (non-hydrogen) atoms. The van der Waals surface area contributed by atoms with Crippen LogP contribution < -0.4 is 0 Å². The molecule has 1 nitrogen and oxygen atoms in total. The van der Waals surface area contributed by atoms with Crippen molar-refractivity contribution < 1.29 is 4.79 Å². The van der Waals surface area contributed by atoms with Crippen molar-refractivity contribution in [2.24, 2.45) is 0 Å². The molecule has 1 aliphatic rings. The van der Waals surface area contributed by atoms with E-state index in [9.17, 15) is 4.79 Å². The molecule has 2 heteroatoms. The minimum atomic E-state index is 0.148. The second-order valence-electron chi connectivity index (χ2n) is 5.06. The summed E-state index contributed by atoms with van der Waals surface area (Å²) < 4.78 is 0. The summed E-state index contributed by atoms with van der Waals surface area (Å²) in [6.07, 6.45) is 4.04. The molecule has 1 aliphatic carbocycles. The molecule has 0 spiro atoms. The van der Waals surface area contributed by atoms with Gasteiger partial charge in [-0.25, -0.2) is 0 Å². The number of fused-ring (bicyclic) bond motifs is 1. The van der Waals surface area contributed by atoms with Gasteiger partial charge < -0.3 is 0 Å². The lowest BCUT2D eigenvalue weighted by Gasteiger charge is -2.05. The van der Waals surface area contributed by atoms with Crippen molar-refractivity contribution in [2.45, 2.75) is 25.7 Å². The van der Waals surface area contributed by atoms with Gasteiger partial charge in [0, 0.05) is 17.0 Å². The Morgan fingerprint density at radius 2 is 1.74 bits per heavy atom. The Balaban J connectivity index is 1.77. The van der Waals surface area contributed by atoms with Crippen LogP contribution in [0.3, 0.4) is 0 Å². The summed E-state index contributed by atoms with van der Waals surface area (Å²) in [5.41, 5.74) is 4.70. The largest absolute Gasteiger partial charge is 0.294 e. The summed E-state index contributed by atoms with van der Waals surface area (Å²) in [6, 6.07) is 13.5. The van der Waals surface area contributed by atoms with E-state index in [0.717, 1.165) is 17.5 Å². The Hall–Kier alpha value is -1.60. The van der Waals surface area contributed by atoms with Crippen LogP contribution in [0.15, 0.2) is 42.5 Å². The van der Waals surface area contributed by atoms with E-state index in [1.165, 1.54) is 24.0 Å². The summed E-state index contributed by atoms with van der Waals surface area (Å²) >= 11 is 5.83. The van der Waals surface area contributed by atoms with Gasteiger partial charge in [0.05, 0.1) is 0 Å². The van der Waals surface area contributed by atoms with Crippen molar-refractivity contribution in [2.75, 3.05) is 0 Å². The van der Waals surface area contributed by atoms with E-state index in [2.05, 4.69) is 18.2 Å². The van der Waals surface area contributed by atoms with Crippen molar-refractivity contribution in [1.82, 2.24) is 0 Å². The lowest BCUT2D eigenvalue weighted by molar-refractivity contribution is 0.0993. The molecule has 0 atom stereocenters. The van der Waals surface area contributed by atoms with Gasteiger partial charge in [0.25, 0.3) is 0 Å². The first-order valence-electron chi connectivity index (χ1n) is 6.62. The molecular formula is C17H15ClO. The summed E-state index contributed by atoms with van der Waals surface area (Å²) in [5, 5.41) is 0.661. The van der Waals surface area contributed by atoms with Crippen LogP contribution in [0.5, 0.6) is 0 Å². The van der Waals surface area contributed by atoms with Crippen molar-refractivity contribution in [3.05, 3.63) is 69.7 Å². The number of benzene rings is 2. The second kappa shape index (κ2) is 5.18. The number of rotatable bonds is 3. The number of aryl methyl sites for hydroxylation is 2. The first-order valence-corrected chi connectivity index (χ1v) is 6.99. The molecule has 0 heterocycles. The number of carbonyl (C=O) groups is 1. The topological polar surface area (TPSA) is 17.1 Å². The molecule has 2 aromatic carbocycles. The zero-order valence-corrected chi connectivity index (χ0v) is 11.4. The average molecular weight is 271 g/mol. The van der Waals surface area contributed by atoms with Crippen LogP contribution in [0, 0.1) is 0 Å². The third-order valence-electron chi connectivity index (χ3n) is 3.69. The Kier molecular flexibility index (Phi) is 3.39. The standard InChI is InChI=1S/C17H15ClO/c18-16-8-6-14(7-9-16)17(19)11-12-4-5-13-2-1-3-15(13)10-12/h4-10H,1-3,11H2. The van der Waals surface area contributed by atoms with Gasteiger partial charge in [0.1, 0.15) is 0 Å². The van der Waals surface area contributed by atoms with Crippen molar-refractivity contribution in [3.8, 4) is 0 Å². The van der Waals surface area contributed by atoms with Crippen LogP contribution in [-0.2, 0) is 19.3 Å². The number of ketones is 1. The smallest absolute Gasteiger partial charge is 0.167 e. The zero-order valence-electron chi connectivity index (χ0n) is 10.7. The van der Waals surface area contributed by atoms with Crippen molar-refractivity contribution >= 4 is 17.4 Å². The third kappa shape index (κ3) is 2.71. The maximum atomic E-state index is 12.2. The third-order valence-corrected chi connectivity index (χ3v) is 3.95. The number of halogens is 1. The lowest BCUT2D eigenvalue weighted by atomic mass is 10.00.